The summed E-state index contributed by atoms with van der Waals surface area (Å²) in [4.78, 5) is 32.1. The van der Waals surface area contributed by atoms with Gasteiger partial charge in [-0.25, -0.2) is 9.78 Å². The first-order valence-electron chi connectivity index (χ1n) is 12.4. The van der Waals surface area contributed by atoms with E-state index in [1.165, 1.54) is 4.90 Å². The number of amides is 1. The quantitative estimate of drug-likeness (QED) is 0.601. The molecule has 36 heavy (non-hydrogen) atoms. The molecule has 2 N–H and O–H groups in total. The number of hydrogen-bond acceptors (Lipinski definition) is 5. The minimum absolute atomic E-state index is 0.0746. The molecule has 1 aliphatic heterocycles. The minimum atomic E-state index is -4.37. The second kappa shape index (κ2) is 10.1. The number of aromatic nitrogens is 2. The van der Waals surface area contributed by atoms with Gasteiger partial charge in [-0.3, -0.25) is 9.36 Å². The van der Waals surface area contributed by atoms with E-state index in [0.29, 0.717) is 16.8 Å². The van der Waals surface area contributed by atoms with Crippen molar-refractivity contribution in [2.45, 2.75) is 83.7 Å². The van der Waals surface area contributed by atoms with Crippen LogP contribution >= 0.6 is 0 Å². The van der Waals surface area contributed by atoms with Gasteiger partial charge in [0, 0.05) is 18.5 Å². The Morgan fingerprint density at radius 1 is 1.22 bits per heavy atom. The summed E-state index contributed by atoms with van der Waals surface area (Å²) in [7, 11) is 0. The van der Waals surface area contributed by atoms with Crippen LogP contribution in [0.3, 0.4) is 0 Å². The number of alkyl halides is 3. The third-order valence-electron chi connectivity index (χ3n) is 7.30. The Hall–Kier alpha value is -3.04. The van der Waals surface area contributed by atoms with Crippen LogP contribution in [0.1, 0.15) is 75.2 Å². The van der Waals surface area contributed by atoms with Gasteiger partial charge in [0.15, 0.2) is 0 Å². The third-order valence-corrected chi connectivity index (χ3v) is 7.30. The lowest BCUT2D eigenvalue weighted by Crippen LogP contribution is -2.43. The molecule has 196 valence electrons. The van der Waals surface area contributed by atoms with Gasteiger partial charge in [0.25, 0.3) is 5.56 Å². The highest BCUT2D eigenvalue weighted by molar-refractivity contribution is 5.68. The van der Waals surface area contributed by atoms with Gasteiger partial charge in [0.2, 0.25) is 5.95 Å². The van der Waals surface area contributed by atoms with E-state index in [-0.39, 0.29) is 43.4 Å². The van der Waals surface area contributed by atoms with Crippen molar-refractivity contribution < 1.29 is 22.7 Å². The van der Waals surface area contributed by atoms with Gasteiger partial charge >= 0.3 is 12.3 Å². The van der Waals surface area contributed by atoms with Gasteiger partial charge in [-0.2, -0.15) is 13.2 Å². The molecule has 10 heteroatoms. The molecule has 1 fully saturated rings. The molecule has 2 heterocycles. The van der Waals surface area contributed by atoms with Crippen LogP contribution in [0, 0.1) is 5.41 Å². The van der Waals surface area contributed by atoms with E-state index in [2.05, 4.69) is 18.8 Å². The van der Waals surface area contributed by atoms with Crippen molar-refractivity contribution in [3.05, 3.63) is 57.5 Å². The van der Waals surface area contributed by atoms with Crippen LogP contribution in [-0.2, 0) is 17.7 Å². The Morgan fingerprint density at radius 2 is 1.89 bits per heavy atom. The number of ether oxygens (including phenoxy) is 1. The highest BCUT2D eigenvalue weighted by atomic mass is 19.4. The maximum Gasteiger partial charge on any atom is 0.410 e. The van der Waals surface area contributed by atoms with Crippen molar-refractivity contribution in [2.24, 2.45) is 5.41 Å². The molecule has 1 unspecified atom stereocenters. The number of benzene rings is 1. The number of hydrogen-bond donors (Lipinski definition) is 1. The van der Waals surface area contributed by atoms with Crippen LogP contribution < -0.4 is 11.3 Å². The summed E-state index contributed by atoms with van der Waals surface area (Å²) < 4.78 is 46.1. The smallest absolute Gasteiger partial charge is 0.410 e. The van der Waals surface area contributed by atoms with E-state index in [1.807, 2.05) is 0 Å². The highest BCUT2D eigenvalue weighted by Crippen LogP contribution is 2.36. The van der Waals surface area contributed by atoms with Gasteiger partial charge in [0.05, 0.1) is 18.3 Å². The van der Waals surface area contributed by atoms with Crippen molar-refractivity contribution >= 4 is 12.0 Å². The number of carbonyl (C=O) groups excluding carboxylic acids is 1. The van der Waals surface area contributed by atoms with Crippen LogP contribution in [0.15, 0.2) is 35.1 Å². The van der Waals surface area contributed by atoms with Crippen molar-refractivity contribution in [1.82, 2.24) is 14.5 Å². The fourth-order valence-electron chi connectivity index (χ4n) is 5.11. The number of nitrogens with zero attached hydrogens (tertiary/aromatic N) is 3. The Bertz CT molecular complexity index is 1140. The first kappa shape index (κ1) is 26.0. The van der Waals surface area contributed by atoms with Crippen LogP contribution in [0.4, 0.5) is 23.9 Å². The van der Waals surface area contributed by atoms with Crippen molar-refractivity contribution in [3.63, 3.8) is 0 Å². The Balaban J connectivity index is 1.54. The molecular weight excluding hydrogens is 473 g/mol. The molecule has 4 rings (SSSR count). The molecule has 2 aromatic rings. The average molecular weight is 507 g/mol. The van der Waals surface area contributed by atoms with Gasteiger partial charge in [0.1, 0.15) is 6.10 Å². The van der Waals surface area contributed by atoms with Gasteiger partial charge < -0.3 is 15.4 Å². The molecule has 7 nitrogen and oxygen atoms in total. The first-order valence-corrected chi connectivity index (χ1v) is 12.4. The molecular formula is C26H33F3N4O3. The van der Waals surface area contributed by atoms with Crippen LogP contribution in [0.5, 0.6) is 0 Å². The van der Waals surface area contributed by atoms with Crippen LogP contribution in [0.25, 0.3) is 0 Å². The fourth-order valence-corrected chi connectivity index (χ4v) is 5.11. The summed E-state index contributed by atoms with van der Waals surface area (Å²) >= 11 is 0. The molecule has 1 atom stereocenters. The van der Waals surface area contributed by atoms with Crippen molar-refractivity contribution in [3.8, 4) is 0 Å². The second-order valence-electron chi connectivity index (χ2n) is 10.6. The molecule has 1 aromatic heterocycles. The molecule has 0 bridgehead atoms. The van der Waals surface area contributed by atoms with E-state index in [1.54, 1.807) is 30.3 Å². The summed E-state index contributed by atoms with van der Waals surface area (Å²) in [6.45, 7) is 4.76. The number of carbonyl (C=O) groups is 1. The summed E-state index contributed by atoms with van der Waals surface area (Å²) in [5.74, 6) is -0.167. The highest BCUT2D eigenvalue weighted by Gasteiger charge is 2.34. The number of anilines is 1. The number of nitrogen functional groups attached to an aromatic ring is 1. The third kappa shape index (κ3) is 6.02. The number of halogens is 3. The van der Waals surface area contributed by atoms with E-state index in [4.69, 9.17) is 10.5 Å². The zero-order valence-electron chi connectivity index (χ0n) is 20.7. The minimum Gasteiger partial charge on any atom is -0.446 e. The normalized spacial score (nSPS) is 19.0. The Morgan fingerprint density at radius 3 is 2.53 bits per heavy atom. The molecule has 1 amide bonds. The number of fused-ring (bicyclic) bond motifs is 1. The van der Waals surface area contributed by atoms with Gasteiger partial charge in [-0.05, 0) is 49.5 Å². The van der Waals surface area contributed by atoms with E-state index >= 15 is 0 Å². The molecule has 0 radical (unpaired) electrons. The first-order chi connectivity index (χ1) is 16.9. The summed E-state index contributed by atoms with van der Waals surface area (Å²) in [5, 5.41) is 0. The zero-order valence-corrected chi connectivity index (χ0v) is 20.7. The second-order valence-corrected chi connectivity index (χ2v) is 10.6. The topological polar surface area (TPSA) is 90.4 Å². The van der Waals surface area contributed by atoms with Gasteiger partial charge in [-0.1, -0.05) is 44.2 Å². The summed E-state index contributed by atoms with van der Waals surface area (Å²) in [5.41, 5.74) is 7.24. The Labute approximate surface area is 208 Å². The van der Waals surface area contributed by atoms with Gasteiger partial charge in [-0.15, -0.1) is 0 Å². The lowest BCUT2D eigenvalue weighted by Gasteiger charge is -2.35. The molecule has 2 aliphatic rings. The molecule has 1 saturated carbocycles. The number of rotatable bonds is 5. The molecule has 1 aliphatic carbocycles. The molecule has 1 aromatic carbocycles. The number of nitrogens with two attached hydrogens (primary N) is 1. The standard InChI is InChI=1S/C26H33F3N4O3/c1-25(2)12-8-18(9-13-25)36-24(35)32-15-11-19-20(16-32)31-23(30)33(22(19)34)21(10-14-26(27,28)29)17-6-4-3-5-7-17/h3-7,18,21H,8-16H2,1-2H3,(H2,30,31). The SMILES string of the molecule is CC1(C)CCC(OC(=O)N2CCc3c(nc(N)n(C(CCC(F)(F)F)c4ccccc4)c3=O)C2)CC1. The average Bonchev–Trinajstić information content (AvgIpc) is 2.82. The van der Waals surface area contributed by atoms with Crippen molar-refractivity contribution in [1.29, 1.82) is 0 Å². The predicted octanol–water partition coefficient (Wildman–Crippen LogP) is 5.22. The van der Waals surface area contributed by atoms with Crippen LogP contribution in [0.2, 0.25) is 0 Å². The molecule has 0 saturated heterocycles. The largest absolute Gasteiger partial charge is 0.446 e. The summed E-state index contributed by atoms with van der Waals surface area (Å²) in [6.07, 6.45) is -2.50. The zero-order chi connectivity index (χ0) is 26.1. The van der Waals surface area contributed by atoms with E-state index in [9.17, 15) is 22.8 Å². The molecule has 0 spiro atoms. The van der Waals surface area contributed by atoms with E-state index < -0.39 is 30.3 Å². The maximum atomic E-state index is 13.5. The monoisotopic (exact) mass is 506 g/mol. The van der Waals surface area contributed by atoms with Crippen LogP contribution in [-0.4, -0.2) is 39.4 Å². The van der Waals surface area contributed by atoms with E-state index in [0.717, 1.165) is 30.3 Å². The Kier molecular flexibility index (Phi) is 7.33. The lowest BCUT2D eigenvalue weighted by atomic mass is 9.76. The maximum absolute atomic E-state index is 13.5. The predicted molar refractivity (Wildman–Crippen MR) is 129 cm³/mol. The lowest BCUT2D eigenvalue weighted by molar-refractivity contribution is -0.136. The summed E-state index contributed by atoms with van der Waals surface area (Å²) in [6, 6.07) is 7.62. The fraction of sp³-hybridized carbons (Fsp3) is 0.577. The van der Waals surface area contributed by atoms with Crippen molar-refractivity contribution in [2.75, 3.05) is 12.3 Å².